The molecule has 0 saturated heterocycles. The lowest BCUT2D eigenvalue weighted by Crippen LogP contribution is -2.33. The third-order valence-corrected chi connectivity index (χ3v) is 5.65. The number of esters is 4. The van der Waals surface area contributed by atoms with E-state index in [1.165, 1.54) is 50.6 Å². The van der Waals surface area contributed by atoms with Crippen LogP contribution in [0.25, 0.3) is 0 Å². The van der Waals surface area contributed by atoms with Gasteiger partial charge in [0.25, 0.3) is 0 Å². The maximum Gasteiger partial charge on any atom is 0.329 e. The standard InChI is InChI=1S/C22H22O8/c1-5-13-11-21(13,17(23)27-3)19(25)29-15-8-7-9-16(10-15)30-20(26)22(18(24)28-4)12-14(22)6-2/h5-10,13-14H,1-2,11-12H2,3-4H3. The van der Waals surface area contributed by atoms with Crippen molar-refractivity contribution in [2.75, 3.05) is 14.2 Å². The van der Waals surface area contributed by atoms with E-state index in [1.54, 1.807) is 0 Å². The molecule has 1 aromatic carbocycles. The third-order valence-electron chi connectivity index (χ3n) is 5.65. The lowest BCUT2D eigenvalue weighted by molar-refractivity contribution is -0.159. The Labute approximate surface area is 173 Å². The SMILES string of the molecule is C=CC1CC1(C(=O)OC)C(=O)Oc1cccc(OC(=O)C2(C(=O)OC)CC2C=C)c1. The topological polar surface area (TPSA) is 105 Å². The van der Waals surface area contributed by atoms with Gasteiger partial charge in [-0.1, -0.05) is 18.2 Å². The fourth-order valence-electron chi connectivity index (χ4n) is 3.61. The first-order valence-corrected chi connectivity index (χ1v) is 9.26. The van der Waals surface area contributed by atoms with E-state index in [0.717, 1.165) is 0 Å². The normalized spacial score (nSPS) is 28.5. The van der Waals surface area contributed by atoms with Crippen LogP contribution in [0, 0.1) is 22.7 Å². The molecule has 4 unspecified atom stereocenters. The van der Waals surface area contributed by atoms with E-state index in [4.69, 9.17) is 18.9 Å². The highest BCUT2D eigenvalue weighted by molar-refractivity contribution is 6.05. The van der Waals surface area contributed by atoms with Gasteiger partial charge in [0.15, 0.2) is 10.8 Å². The zero-order chi connectivity index (χ0) is 22.1. The number of rotatable bonds is 8. The van der Waals surface area contributed by atoms with Crippen molar-refractivity contribution >= 4 is 23.9 Å². The van der Waals surface area contributed by atoms with Crippen LogP contribution < -0.4 is 9.47 Å². The van der Waals surface area contributed by atoms with Gasteiger partial charge in [-0.3, -0.25) is 19.2 Å². The van der Waals surface area contributed by atoms with Crippen molar-refractivity contribution in [3.05, 3.63) is 49.6 Å². The number of allylic oxidation sites excluding steroid dienone is 2. The van der Waals surface area contributed by atoms with Crippen molar-refractivity contribution in [3.63, 3.8) is 0 Å². The highest BCUT2D eigenvalue weighted by Crippen LogP contribution is 2.56. The summed E-state index contributed by atoms with van der Waals surface area (Å²) >= 11 is 0. The molecule has 0 aliphatic heterocycles. The lowest BCUT2D eigenvalue weighted by Gasteiger charge is -2.15. The Morgan fingerprint density at radius 1 is 0.833 bits per heavy atom. The predicted octanol–water partition coefficient (Wildman–Crippen LogP) is 2.23. The highest BCUT2D eigenvalue weighted by atomic mass is 16.6. The highest BCUT2D eigenvalue weighted by Gasteiger charge is 2.68. The molecule has 30 heavy (non-hydrogen) atoms. The molecule has 8 heteroatoms. The number of carbonyl (C=O) groups is 4. The molecule has 0 radical (unpaired) electrons. The van der Waals surface area contributed by atoms with Crippen LogP contribution in [0.5, 0.6) is 11.5 Å². The molecular weight excluding hydrogens is 392 g/mol. The molecule has 8 nitrogen and oxygen atoms in total. The van der Waals surface area contributed by atoms with Gasteiger partial charge in [0, 0.05) is 17.9 Å². The largest absolute Gasteiger partial charge is 0.468 e. The van der Waals surface area contributed by atoms with Crippen LogP contribution in [-0.2, 0) is 28.7 Å². The minimum atomic E-state index is -1.41. The van der Waals surface area contributed by atoms with Crippen molar-refractivity contribution in [3.8, 4) is 11.5 Å². The molecule has 0 amide bonds. The van der Waals surface area contributed by atoms with Crippen molar-refractivity contribution < 1.29 is 38.1 Å². The van der Waals surface area contributed by atoms with Crippen LogP contribution in [0.2, 0.25) is 0 Å². The Balaban J connectivity index is 1.74. The van der Waals surface area contributed by atoms with Crippen LogP contribution in [0.1, 0.15) is 12.8 Å². The summed E-state index contributed by atoms with van der Waals surface area (Å²) in [4.78, 5) is 49.4. The zero-order valence-electron chi connectivity index (χ0n) is 16.7. The smallest absolute Gasteiger partial charge is 0.329 e. The summed E-state index contributed by atoms with van der Waals surface area (Å²) in [7, 11) is 2.39. The molecule has 2 saturated carbocycles. The van der Waals surface area contributed by atoms with E-state index in [9.17, 15) is 19.2 Å². The Kier molecular flexibility index (Phi) is 5.52. The molecule has 2 aliphatic rings. The molecule has 0 bridgehead atoms. The van der Waals surface area contributed by atoms with E-state index in [2.05, 4.69) is 13.2 Å². The number of hydrogen-bond acceptors (Lipinski definition) is 8. The van der Waals surface area contributed by atoms with E-state index < -0.39 is 34.7 Å². The van der Waals surface area contributed by atoms with Crippen molar-refractivity contribution in [2.24, 2.45) is 22.7 Å². The van der Waals surface area contributed by atoms with Crippen LogP contribution in [-0.4, -0.2) is 38.1 Å². The molecule has 158 valence electrons. The molecule has 0 spiro atoms. The monoisotopic (exact) mass is 414 g/mol. The second kappa shape index (κ2) is 7.78. The summed E-state index contributed by atoms with van der Waals surface area (Å²) in [5.41, 5.74) is -2.83. The minimum Gasteiger partial charge on any atom is -0.468 e. The first-order chi connectivity index (χ1) is 14.3. The van der Waals surface area contributed by atoms with E-state index in [0.29, 0.717) is 0 Å². The molecule has 0 heterocycles. The second-order valence-corrected chi connectivity index (χ2v) is 7.27. The van der Waals surface area contributed by atoms with Crippen LogP contribution in [0.15, 0.2) is 49.6 Å². The quantitative estimate of drug-likeness (QED) is 0.276. The van der Waals surface area contributed by atoms with Gasteiger partial charge in [0.05, 0.1) is 14.2 Å². The third kappa shape index (κ3) is 3.28. The fraction of sp³-hybridized carbons (Fsp3) is 0.364. The average molecular weight is 414 g/mol. The number of methoxy groups -OCH3 is 2. The molecule has 4 atom stereocenters. The molecule has 2 fully saturated rings. The van der Waals surface area contributed by atoms with E-state index >= 15 is 0 Å². The van der Waals surface area contributed by atoms with Crippen LogP contribution in [0.3, 0.4) is 0 Å². The number of carbonyl (C=O) groups excluding carboxylic acids is 4. The van der Waals surface area contributed by atoms with Crippen molar-refractivity contribution in [2.45, 2.75) is 12.8 Å². The molecule has 3 rings (SSSR count). The van der Waals surface area contributed by atoms with Crippen molar-refractivity contribution in [1.29, 1.82) is 0 Å². The molecular formula is C22H22O8. The summed E-state index contributed by atoms with van der Waals surface area (Å²) < 4.78 is 20.2. The molecule has 0 aromatic heterocycles. The maximum atomic E-state index is 12.6. The number of hydrogen-bond donors (Lipinski definition) is 0. The Bertz CT molecular complexity index is 864. The Hall–Kier alpha value is -3.42. The van der Waals surface area contributed by atoms with Gasteiger partial charge in [-0.05, 0) is 25.0 Å². The van der Waals surface area contributed by atoms with Crippen molar-refractivity contribution in [1.82, 2.24) is 0 Å². The van der Waals surface area contributed by atoms with Gasteiger partial charge in [-0.2, -0.15) is 0 Å². The zero-order valence-corrected chi connectivity index (χ0v) is 16.7. The van der Waals surface area contributed by atoms with Gasteiger partial charge in [0.2, 0.25) is 0 Å². The molecule has 2 aliphatic carbocycles. The summed E-state index contributed by atoms with van der Waals surface area (Å²) in [5.74, 6) is -3.52. The molecule has 0 N–H and O–H groups in total. The van der Waals surface area contributed by atoms with Gasteiger partial charge in [0.1, 0.15) is 11.5 Å². The summed E-state index contributed by atoms with van der Waals surface area (Å²) in [6, 6.07) is 5.79. The van der Waals surface area contributed by atoms with Gasteiger partial charge < -0.3 is 18.9 Å². The van der Waals surface area contributed by atoms with E-state index in [1.807, 2.05) is 0 Å². The van der Waals surface area contributed by atoms with Crippen LogP contribution in [0.4, 0.5) is 0 Å². The first kappa shape index (κ1) is 21.3. The lowest BCUT2D eigenvalue weighted by atomic mass is 10.0. The summed E-state index contributed by atoms with van der Waals surface area (Å²) in [5, 5.41) is 0. The van der Waals surface area contributed by atoms with E-state index in [-0.39, 0.29) is 36.2 Å². The number of ether oxygens (including phenoxy) is 4. The predicted molar refractivity (Wildman–Crippen MR) is 103 cm³/mol. The van der Waals surface area contributed by atoms with Gasteiger partial charge in [-0.25, -0.2) is 0 Å². The molecule has 1 aromatic rings. The first-order valence-electron chi connectivity index (χ1n) is 9.26. The van der Waals surface area contributed by atoms with Crippen LogP contribution >= 0.6 is 0 Å². The Morgan fingerprint density at radius 3 is 1.53 bits per heavy atom. The summed E-state index contributed by atoms with van der Waals surface area (Å²) in [6.45, 7) is 7.23. The second-order valence-electron chi connectivity index (χ2n) is 7.27. The van der Waals surface area contributed by atoms with Gasteiger partial charge in [-0.15, -0.1) is 13.2 Å². The van der Waals surface area contributed by atoms with Gasteiger partial charge >= 0.3 is 23.9 Å². The average Bonchev–Trinajstić information content (AvgIpc) is 3.65. The minimum absolute atomic E-state index is 0.0754. The number of benzene rings is 1. The summed E-state index contributed by atoms with van der Waals surface area (Å²) in [6.07, 6.45) is 3.52. The fourth-order valence-corrected chi connectivity index (χ4v) is 3.61. The maximum absolute atomic E-state index is 12.6. The Morgan fingerprint density at radius 2 is 1.23 bits per heavy atom.